The number of pyridine rings is 1. The molecule has 2 unspecified atom stereocenters. The number of hydrogen-bond acceptors (Lipinski definition) is 8. The zero-order chi connectivity index (χ0) is 26.2. The largest absolute Gasteiger partial charge is 0.423 e. The lowest BCUT2D eigenvalue weighted by atomic mass is 9.87. The zero-order valence-electron chi connectivity index (χ0n) is 19.9. The third-order valence-electron chi connectivity index (χ3n) is 7.26. The Kier molecular flexibility index (Phi) is 6.76. The van der Waals surface area contributed by atoms with Crippen LogP contribution < -0.4 is 15.4 Å². The summed E-state index contributed by atoms with van der Waals surface area (Å²) < 4.78 is 46.1. The third-order valence-corrected chi connectivity index (χ3v) is 7.26. The number of amides is 1. The first kappa shape index (κ1) is 25.0. The smallest absolute Gasteiger partial charge is 0.379 e. The van der Waals surface area contributed by atoms with Gasteiger partial charge in [-0.05, 0) is 31.4 Å². The van der Waals surface area contributed by atoms with Gasteiger partial charge in [0.1, 0.15) is 17.5 Å². The Bertz CT molecular complexity index is 1230. The lowest BCUT2D eigenvalue weighted by Gasteiger charge is -2.57. The molecule has 0 radical (unpaired) electrons. The van der Waals surface area contributed by atoms with E-state index in [-0.39, 0.29) is 49.4 Å². The molecule has 2 aromatic heterocycles. The van der Waals surface area contributed by atoms with E-state index >= 15 is 0 Å². The topological polar surface area (TPSA) is 118 Å². The van der Waals surface area contributed by atoms with Crippen molar-refractivity contribution in [3.8, 4) is 6.07 Å². The van der Waals surface area contributed by atoms with Crippen molar-refractivity contribution in [2.24, 2.45) is 0 Å². The van der Waals surface area contributed by atoms with Gasteiger partial charge in [-0.1, -0.05) is 0 Å². The molecule has 1 N–H and O–H groups in total. The average Bonchev–Trinajstić information content (AvgIpc) is 3.34. The summed E-state index contributed by atoms with van der Waals surface area (Å²) in [5, 5.41) is 14.4. The first-order valence-corrected chi connectivity index (χ1v) is 12.2. The fourth-order valence-electron chi connectivity index (χ4n) is 5.54. The number of nitriles is 1. The first-order valence-electron chi connectivity index (χ1n) is 12.2. The maximum atomic E-state index is 13.5. The van der Waals surface area contributed by atoms with E-state index in [0.29, 0.717) is 38.0 Å². The van der Waals surface area contributed by atoms with Crippen molar-refractivity contribution in [2.75, 3.05) is 42.6 Å². The summed E-state index contributed by atoms with van der Waals surface area (Å²) >= 11 is 0. The Morgan fingerprint density at radius 2 is 2.03 bits per heavy atom. The number of nitrogens with one attached hydrogen (secondary N) is 1. The summed E-state index contributed by atoms with van der Waals surface area (Å²) in [6.45, 7) is 1.85. The second-order valence-electron chi connectivity index (χ2n) is 9.54. The lowest BCUT2D eigenvalue weighted by Crippen LogP contribution is -2.70. The number of anilines is 2. The summed E-state index contributed by atoms with van der Waals surface area (Å²) in [4.78, 5) is 34.5. The molecule has 1 amide bonds. The van der Waals surface area contributed by atoms with E-state index in [2.05, 4.69) is 21.1 Å². The molecule has 6 heterocycles. The predicted octanol–water partition coefficient (Wildman–Crippen LogP) is 1.92. The van der Waals surface area contributed by atoms with Gasteiger partial charge in [0.25, 0.3) is 5.56 Å². The Morgan fingerprint density at radius 3 is 2.70 bits per heavy atom. The van der Waals surface area contributed by atoms with Crippen LogP contribution in [0.5, 0.6) is 0 Å². The number of halogens is 3. The van der Waals surface area contributed by atoms with Crippen molar-refractivity contribution in [1.82, 2.24) is 20.1 Å². The summed E-state index contributed by atoms with van der Waals surface area (Å²) in [5.41, 5.74) is -2.26. The summed E-state index contributed by atoms with van der Waals surface area (Å²) in [6.07, 6.45) is 0.228. The molecule has 37 heavy (non-hydrogen) atoms. The molecule has 3 atom stereocenters. The Labute approximate surface area is 210 Å². The number of ether oxygens (including phenoxy) is 1. The third kappa shape index (κ3) is 4.98. The number of piperazine rings is 1. The highest BCUT2D eigenvalue weighted by atomic mass is 19.4. The van der Waals surface area contributed by atoms with E-state index in [0.717, 1.165) is 18.4 Å². The number of carbonyl (C=O) groups excluding carboxylic acids is 1. The number of aromatic amines is 1. The summed E-state index contributed by atoms with van der Waals surface area (Å²) in [5.74, 6) is 0.782. The standard InChI is InChI=1S/C24H26F3N7O3/c25-24(26,27)22-19(11-30-31-23(22)36)33-6-1-2-16(33)14-37-7-5-21(35)32-12-17-8-18(13-32)34(17)20-4-3-15(9-28)10-29-20/h3-4,10-11,16-18H,1-2,5-8,12-14H2,(H,31,36)/t16-,17?,18?/m0/s1. The molecule has 4 aliphatic rings. The van der Waals surface area contributed by atoms with Crippen molar-refractivity contribution in [3.63, 3.8) is 0 Å². The highest BCUT2D eigenvalue weighted by Crippen LogP contribution is 2.37. The van der Waals surface area contributed by atoms with Gasteiger partial charge < -0.3 is 19.4 Å². The minimum atomic E-state index is -4.80. The molecule has 2 bridgehead atoms. The maximum absolute atomic E-state index is 13.5. The van der Waals surface area contributed by atoms with Crippen molar-refractivity contribution in [3.05, 3.63) is 46.0 Å². The molecule has 0 saturated carbocycles. The molecule has 4 saturated heterocycles. The molecule has 196 valence electrons. The van der Waals surface area contributed by atoms with Gasteiger partial charge in [-0.3, -0.25) is 9.59 Å². The average molecular weight is 518 g/mol. The van der Waals surface area contributed by atoms with Crippen LogP contribution in [-0.2, 0) is 15.7 Å². The van der Waals surface area contributed by atoms with Gasteiger partial charge in [-0.15, -0.1) is 0 Å². The minimum absolute atomic E-state index is 0.0245. The quantitative estimate of drug-likeness (QED) is 0.554. The van der Waals surface area contributed by atoms with E-state index in [1.807, 2.05) is 16.1 Å². The van der Waals surface area contributed by atoms with Crippen molar-refractivity contribution < 1.29 is 22.7 Å². The SMILES string of the molecule is N#Cc1ccc(N2C3CC2CN(C(=O)CCOC[C@@H]2CCCN2c2cn[nH]c(=O)c2C(F)(F)F)C3)nc1. The number of alkyl halides is 3. The maximum Gasteiger partial charge on any atom is 0.423 e. The highest BCUT2D eigenvalue weighted by Gasteiger charge is 2.46. The molecule has 0 aliphatic carbocycles. The summed E-state index contributed by atoms with van der Waals surface area (Å²) in [6, 6.07) is 5.64. The fourth-order valence-corrected chi connectivity index (χ4v) is 5.54. The number of aromatic nitrogens is 3. The van der Waals surface area contributed by atoms with Crippen LogP contribution >= 0.6 is 0 Å². The Balaban J connectivity index is 1.11. The van der Waals surface area contributed by atoms with Crippen LogP contribution in [0.15, 0.2) is 29.3 Å². The number of carbonyl (C=O) groups is 1. The molecular weight excluding hydrogens is 491 g/mol. The number of piperidine rings is 1. The van der Waals surface area contributed by atoms with Crippen LogP contribution in [0.25, 0.3) is 0 Å². The van der Waals surface area contributed by atoms with Gasteiger partial charge in [0.05, 0.1) is 55.2 Å². The van der Waals surface area contributed by atoms with Crippen LogP contribution in [0.4, 0.5) is 24.7 Å². The molecule has 4 aliphatic heterocycles. The number of hydrogen-bond donors (Lipinski definition) is 1. The van der Waals surface area contributed by atoms with Crippen LogP contribution in [0.1, 0.15) is 36.8 Å². The molecule has 4 fully saturated rings. The molecule has 0 spiro atoms. The van der Waals surface area contributed by atoms with Crippen LogP contribution in [0.2, 0.25) is 0 Å². The van der Waals surface area contributed by atoms with Gasteiger partial charge in [-0.2, -0.15) is 23.5 Å². The second-order valence-corrected chi connectivity index (χ2v) is 9.54. The molecule has 13 heteroatoms. The van der Waals surface area contributed by atoms with Gasteiger partial charge >= 0.3 is 6.18 Å². The molecule has 10 nitrogen and oxygen atoms in total. The zero-order valence-corrected chi connectivity index (χ0v) is 19.9. The van der Waals surface area contributed by atoms with Crippen molar-refractivity contribution in [1.29, 1.82) is 5.26 Å². The molecule has 6 rings (SSSR count). The number of fused-ring (bicyclic) bond motifs is 2. The normalized spacial score (nSPS) is 23.1. The first-order chi connectivity index (χ1) is 17.8. The monoisotopic (exact) mass is 517 g/mol. The van der Waals surface area contributed by atoms with E-state index in [9.17, 15) is 22.8 Å². The van der Waals surface area contributed by atoms with Gasteiger partial charge in [0.2, 0.25) is 5.91 Å². The molecular formula is C24H26F3N7O3. The molecule has 0 aromatic carbocycles. The second kappa shape index (κ2) is 10.0. The van der Waals surface area contributed by atoms with Crippen molar-refractivity contribution >= 4 is 17.4 Å². The minimum Gasteiger partial charge on any atom is -0.379 e. The number of H-pyrrole nitrogens is 1. The van der Waals surface area contributed by atoms with E-state index < -0.39 is 17.3 Å². The number of nitrogens with zero attached hydrogens (tertiary/aromatic N) is 6. The fraction of sp³-hybridized carbons (Fsp3) is 0.542. The van der Waals surface area contributed by atoms with Gasteiger partial charge in [0, 0.05) is 25.8 Å². The van der Waals surface area contributed by atoms with Crippen molar-refractivity contribution in [2.45, 2.75) is 50.0 Å². The van der Waals surface area contributed by atoms with Crippen LogP contribution in [0, 0.1) is 11.3 Å². The van der Waals surface area contributed by atoms with E-state index in [4.69, 9.17) is 10.00 Å². The highest BCUT2D eigenvalue weighted by molar-refractivity contribution is 5.77. The Morgan fingerprint density at radius 1 is 1.24 bits per heavy atom. The van der Waals surface area contributed by atoms with E-state index in [1.165, 1.54) is 4.90 Å². The van der Waals surface area contributed by atoms with E-state index in [1.54, 1.807) is 12.3 Å². The summed E-state index contributed by atoms with van der Waals surface area (Å²) in [7, 11) is 0. The van der Waals surface area contributed by atoms with Gasteiger partial charge in [0.15, 0.2) is 0 Å². The van der Waals surface area contributed by atoms with Gasteiger partial charge in [-0.25, -0.2) is 10.1 Å². The van der Waals surface area contributed by atoms with Crippen LogP contribution in [-0.4, -0.2) is 77.0 Å². The Hall–Kier alpha value is -3.66. The number of rotatable bonds is 7. The predicted molar refractivity (Wildman–Crippen MR) is 126 cm³/mol. The molecule has 2 aromatic rings. The lowest BCUT2D eigenvalue weighted by molar-refractivity contribution is -0.138. The van der Waals surface area contributed by atoms with Crippen LogP contribution in [0.3, 0.4) is 0 Å².